The summed E-state index contributed by atoms with van der Waals surface area (Å²) in [6.45, 7) is 0. The highest BCUT2D eigenvalue weighted by Crippen LogP contribution is 2.39. The third-order valence-electron chi connectivity index (χ3n) is 6.95. The molecule has 6 nitrogen and oxygen atoms in total. The van der Waals surface area contributed by atoms with Gasteiger partial charge in [-0.1, -0.05) is 66.7 Å². The van der Waals surface area contributed by atoms with Crippen molar-refractivity contribution < 1.29 is 4.92 Å². The summed E-state index contributed by atoms with van der Waals surface area (Å²) in [6.07, 6.45) is 0.874. The fraction of sp³-hybridized carbons (Fsp3) is 0.0323. The summed E-state index contributed by atoms with van der Waals surface area (Å²) in [5.74, 6) is 1.09. The van der Waals surface area contributed by atoms with E-state index in [1.54, 1.807) is 6.07 Å². The molecule has 1 aliphatic rings. The van der Waals surface area contributed by atoms with E-state index in [4.69, 9.17) is 9.97 Å². The summed E-state index contributed by atoms with van der Waals surface area (Å²) in [7, 11) is 0. The Morgan fingerprint density at radius 1 is 0.730 bits per heavy atom. The van der Waals surface area contributed by atoms with Crippen LogP contribution >= 0.6 is 0 Å². The van der Waals surface area contributed by atoms with Crippen LogP contribution in [0.15, 0.2) is 103 Å². The van der Waals surface area contributed by atoms with Gasteiger partial charge in [0.1, 0.15) is 5.82 Å². The van der Waals surface area contributed by atoms with Crippen LogP contribution in [0.2, 0.25) is 0 Å². The van der Waals surface area contributed by atoms with Crippen molar-refractivity contribution in [1.29, 1.82) is 0 Å². The molecule has 0 amide bonds. The maximum Gasteiger partial charge on any atom is 0.270 e. The molecule has 0 unspecified atom stereocenters. The molecular weight excluding hydrogens is 460 g/mol. The maximum absolute atomic E-state index is 11.5. The second-order valence-electron chi connectivity index (χ2n) is 9.25. The van der Waals surface area contributed by atoms with Gasteiger partial charge in [-0.05, 0) is 63.7 Å². The van der Waals surface area contributed by atoms with Gasteiger partial charge in [0, 0.05) is 28.8 Å². The number of aromatic nitrogens is 2. The number of nitrogens with zero attached hydrogens (tertiary/aromatic N) is 3. The minimum absolute atomic E-state index is 0.00186. The van der Waals surface area contributed by atoms with Crippen molar-refractivity contribution in [3.63, 3.8) is 0 Å². The maximum atomic E-state index is 11.5. The fourth-order valence-corrected chi connectivity index (χ4v) is 5.14. The highest BCUT2D eigenvalue weighted by Gasteiger charge is 2.19. The van der Waals surface area contributed by atoms with Crippen molar-refractivity contribution in [2.45, 2.75) is 6.42 Å². The molecule has 0 aliphatic heterocycles. The van der Waals surface area contributed by atoms with Gasteiger partial charge in [-0.25, -0.2) is 9.97 Å². The highest BCUT2D eigenvalue weighted by atomic mass is 16.6. The van der Waals surface area contributed by atoms with Gasteiger partial charge < -0.3 is 5.32 Å². The number of hydrogen-bond donors (Lipinski definition) is 1. The Bertz CT molecular complexity index is 1880. The molecular formula is C31H20N4O2. The van der Waals surface area contributed by atoms with E-state index in [1.807, 2.05) is 24.3 Å². The van der Waals surface area contributed by atoms with Crippen LogP contribution in [0.5, 0.6) is 0 Å². The number of nitro benzene ring substituents is 1. The number of nitrogens with one attached hydrogen (secondary N) is 1. The largest absolute Gasteiger partial charge is 0.340 e. The van der Waals surface area contributed by atoms with Crippen molar-refractivity contribution in [3.05, 3.63) is 124 Å². The van der Waals surface area contributed by atoms with Crippen LogP contribution < -0.4 is 5.32 Å². The average molecular weight is 481 g/mol. The number of anilines is 2. The summed E-state index contributed by atoms with van der Waals surface area (Å²) in [6, 6.07) is 33.7. The Kier molecular flexibility index (Phi) is 4.72. The van der Waals surface area contributed by atoms with Gasteiger partial charge in [-0.3, -0.25) is 10.1 Å². The number of hydrogen-bond acceptors (Lipinski definition) is 5. The van der Waals surface area contributed by atoms with E-state index < -0.39 is 4.92 Å². The standard InChI is InChI=1S/C31H20N4O2/c36-35(37)25-12-14-29-28(18-25)31(34-30(33-29)22-10-9-19-5-1-2-6-20(19)15-22)32-24-11-13-27-23(17-24)16-21-7-3-4-8-26(21)27/h1-15,17-18H,16H2,(H,32,33,34). The Morgan fingerprint density at radius 2 is 1.54 bits per heavy atom. The van der Waals surface area contributed by atoms with Crippen molar-refractivity contribution in [2.75, 3.05) is 5.32 Å². The number of nitro groups is 1. The van der Waals surface area contributed by atoms with Gasteiger partial charge in [0.2, 0.25) is 0 Å². The summed E-state index contributed by atoms with van der Waals surface area (Å²) in [5.41, 5.74) is 7.46. The Labute approximate surface area is 212 Å². The van der Waals surface area contributed by atoms with Crippen molar-refractivity contribution in [2.24, 2.45) is 0 Å². The second-order valence-corrected chi connectivity index (χ2v) is 9.25. The minimum atomic E-state index is -0.396. The van der Waals surface area contributed by atoms with E-state index in [2.05, 4.69) is 66.0 Å². The summed E-state index contributed by atoms with van der Waals surface area (Å²) < 4.78 is 0. The predicted molar refractivity (Wildman–Crippen MR) is 147 cm³/mol. The van der Waals surface area contributed by atoms with Crippen LogP contribution in [0.3, 0.4) is 0 Å². The zero-order valence-corrected chi connectivity index (χ0v) is 19.7. The molecule has 1 N–H and O–H groups in total. The molecule has 1 heterocycles. The molecule has 5 aromatic carbocycles. The Hall–Kier alpha value is -5.10. The van der Waals surface area contributed by atoms with Crippen LogP contribution in [0.4, 0.5) is 17.2 Å². The lowest BCUT2D eigenvalue weighted by molar-refractivity contribution is -0.384. The molecule has 0 saturated carbocycles. The predicted octanol–water partition coefficient (Wildman–Crippen LogP) is 7.67. The summed E-state index contributed by atoms with van der Waals surface area (Å²) >= 11 is 0. The van der Waals surface area contributed by atoms with Gasteiger partial charge in [0.05, 0.1) is 10.4 Å². The lowest BCUT2D eigenvalue weighted by atomic mass is 10.1. The summed E-state index contributed by atoms with van der Waals surface area (Å²) in [4.78, 5) is 20.7. The van der Waals surface area contributed by atoms with Crippen LogP contribution in [0, 0.1) is 10.1 Å². The van der Waals surface area contributed by atoms with Crippen LogP contribution in [0.25, 0.3) is 44.2 Å². The molecule has 0 fully saturated rings. The van der Waals surface area contributed by atoms with E-state index in [0.717, 1.165) is 28.4 Å². The molecule has 7 rings (SSSR count). The average Bonchev–Trinajstić information content (AvgIpc) is 3.30. The normalized spacial score (nSPS) is 11.9. The molecule has 6 heteroatoms. The zero-order valence-electron chi connectivity index (χ0n) is 19.7. The first kappa shape index (κ1) is 21.2. The number of benzene rings is 5. The second kappa shape index (κ2) is 8.24. The zero-order chi connectivity index (χ0) is 24.9. The van der Waals surface area contributed by atoms with Crippen molar-refractivity contribution >= 4 is 38.9 Å². The molecule has 0 spiro atoms. The van der Waals surface area contributed by atoms with E-state index >= 15 is 0 Å². The number of rotatable bonds is 4. The third kappa shape index (κ3) is 3.67. The molecule has 37 heavy (non-hydrogen) atoms. The summed E-state index contributed by atoms with van der Waals surface area (Å²) in [5, 5.41) is 17.8. The van der Waals surface area contributed by atoms with Gasteiger partial charge in [-0.15, -0.1) is 0 Å². The first-order valence-corrected chi connectivity index (χ1v) is 12.1. The molecule has 0 bridgehead atoms. The SMILES string of the molecule is O=[N+]([O-])c1ccc2nc(-c3ccc4ccccc4c3)nc(Nc3ccc4c(c3)Cc3ccccc3-4)c2c1. The molecule has 6 aromatic rings. The molecule has 1 aliphatic carbocycles. The molecule has 1 aromatic heterocycles. The van der Waals surface area contributed by atoms with Crippen molar-refractivity contribution in [1.82, 2.24) is 9.97 Å². The molecule has 0 radical (unpaired) electrons. The molecule has 176 valence electrons. The Morgan fingerprint density at radius 3 is 2.43 bits per heavy atom. The van der Waals surface area contributed by atoms with E-state index in [9.17, 15) is 10.1 Å². The van der Waals surface area contributed by atoms with E-state index in [0.29, 0.717) is 22.5 Å². The number of fused-ring (bicyclic) bond motifs is 5. The smallest absolute Gasteiger partial charge is 0.270 e. The quantitative estimate of drug-likeness (QED) is 0.206. The Balaban J connectivity index is 1.35. The highest BCUT2D eigenvalue weighted by molar-refractivity contribution is 5.95. The molecule has 0 saturated heterocycles. The van der Waals surface area contributed by atoms with Crippen LogP contribution in [-0.4, -0.2) is 14.9 Å². The lowest BCUT2D eigenvalue weighted by Gasteiger charge is -2.13. The molecule has 0 atom stereocenters. The van der Waals surface area contributed by atoms with Gasteiger partial charge in [0.15, 0.2) is 5.82 Å². The van der Waals surface area contributed by atoms with E-state index in [-0.39, 0.29) is 5.69 Å². The number of non-ortho nitro benzene ring substituents is 1. The van der Waals surface area contributed by atoms with Gasteiger partial charge in [-0.2, -0.15) is 0 Å². The topological polar surface area (TPSA) is 81.0 Å². The first-order valence-electron chi connectivity index (χ1n) is 12.1. The van der Waals surface area contributed by atoms with Gasteiger partial charge >= 0.3 is 0 Å². The monoisotopic (exact) mass is 480 g/mol. The van der Waals surface area contributed by atoms with Crippen molar-refractivity contribution in [3.8, 4) is 22.5 Å². The minimum Gasteiger partial charge on any atom is -0.340 e. The van der Waals surface area contributed by atoms with Crippen LogP contribution in [0.1, 0.15) is 11.1 Å². The fourth-order valence-electron chi connectivity index (χ4n) is 5.14. The first-order chi connectivity index (χ1) is 18.1. The van der Waals surface area contributed by atoms with E-state index in [1.165, 1.54) is 34.4 Å². The van der Waals surface area contributed by atoms with Gasteiger partial charge in [0.25, 0.3) is 5.69 Å². The van der Waals surface area contributed by atoms with Crippen LogP contribution in [-0.2, 0) is 6.42 Å². The third-order valence-corrected chi connectivity index (χ3v) is 6.95. The lowest BCUT2D eigenvalue weighted by Crippen LogP contribution is -2.01.